The molecule has 1 amide bonds. The van der Waals surface area contributed by atoms with Crippen molar-refractivity contribution in [2.45, 2.75) is 19.9 Å². The van der Waals surface area contributed by atoms with Gasteiger partial charge in [-0.15, -0.1) is 0 Å². The Bertz CT molecular complexity index is 466. The van der Waals surface area contributed by atoms with Crippen molar-refractivity contribution in [3.05, 3.63) is 24.3 Å². The Balaban J connectivity index is 3.24. The number of carbonyl (C=O) groups excluding carboxylic acids is 2. The first-order chi connectivity index (χ1) is 8.34. The lowest BCUT2D eigenvalue weighted by atomic mass is 10.1. The number of phenolic OH excluding ortho intramolecular Hbond substituents is 1. The first-order valence-corrected chi connectivity index (χ1v) is 5.16. The summed E-state index contributed by atoms with van der Waals surface area (Å²) in [7, 11) is 0. The van der Waals surface area contributed by atoms with E-state index in [9.17, 15) is 14.4 Å². The molecule has 0 bridgehead atoms. The Morgan fingerprint density at radius 1 is 1.11 bits per heavy atom. The molecule has 0 unspecified atom stereocenters. The number of aromatic hydroxyl groups is 1. The second-order valence-corrected chi connectivity index (χ2v) is 3.76. The SMILES string of the molecule is CC(=O)[C@@H](C(=O)O)N(C(C)=O)c1ccc(O)cc1. The lowest BCUT2D eigenvalue weighted by molar-refractivity contribution is -0.143. The molecule has 0 aromatic heterocycles. The standard InChI is InChI=1S/C12H13NO5/c1-7(14)11(12(17)18)13(8(2)15)9-3-5-10(16)6-4-9/h3-6,11,16H,1-2H3,(H,17,18)/t11-/m0/s1. The largest absolute Gasteiger partial charge is 0.508 e. The maximum Gasteiger partial charge on any atom is 0.334 e. The van der Waals surface area contributed by atoms with Crippen LogP contribution in [0.5, 0.6) is 5.75 Å². The summed E-state index contributed by atoms with van der Waals surface area (Å²) in [4.78, 5) is 34.8. The summed E-state index contributed by atoms with van der Waals surface area (Å²) >= 11 is 0. The molecule has 0 saturated carbocycles. The molecular formula is C12H13NO5. The van der Waals surface area contributed by atoms with E-state index in [1.54, 1.807) is 0 Å². The van der Waals surface area contributed by atoms with E-state index < -0.39 is 23.7 Å². The molecule has 0 fully saturated rings. The number of anilines is 1. The number of carboxylic acids is 1. The molecule has 0 heterocycles. The first-order valence-electron chi connectivity index (χ1n) is 5.16. The second kappa shape index (κ2) is 5.31. The quantitative estimate of drug-likeness (QED) is 0.771. The molecule has 1 atom stereocenters. The van der Waals surface area contributed by atoms with Gasteiger partial charge in [-0.1, -0.05) is 0 Å². The van der Waals surface area contributed by atoms with Gasteiger partial charge in [0.2, 0.25) is 5.91 Å². The zero-order chi connectivity index (χ0) is 13.9. The fourth-order valence-electron chi connectivity index (χ4n) is 1.59. The van der Waals surface area contributed by atoms with Gasteiger partial charge in [0, 0.05) is 12.6 Å². The van der Waals surface area contributed by atoms with Crippen LogP contribution in [0.15, 0.2) is 24.3 Å². The second-order valence-electron chi connectivity index (χ2n) is 3.76. The Labute approximate surface area is 103 Å². The van der Waals surface area contributed by atoms with Crippen molar-refractivity contribution in [3.63, 3.8) is 0 Å². The van der Waals surface area contributed by atoms with Gasteiger partial charge >= 0.3 is 5.97 Å². The summed E-state index contributed by atoms with van der Waals surface area (Å²) in [5, 5.41) is 18.2. The number of Topliss-reactive ketones (excluding diaryl/α,β-unsaturated/α-hetero) is 1. The summed E-state index contributed by atoms with van der Waals surface area (Å²) in [5.74, 6) is -2.63. The van der Waals surface area contributed by atoms with Crippen LogP contribution < -0.4 is 4.90 Å². The fraction of sp³-hybridized carbons (Fsp3) is 0.250. The van der Waals surface area contributed by atoms with Crippen molar-refractivity contribution in [1.29, 1.82) is 0 Å². The Morgan fingerprint density at radius 3 is 1.94 bits per heavy atom. The normalized spacial score (nSPS) is 11.7. The van der Waals surface area contributed by atoms with E-state index >= 15 is 0 Å². The number of nitrogens with zero attached hydrogens (tertiary/aromatic N) is 1. The van der Waals surface area contributed by atoms with E-state index in [2.05, 4.69) is 0 Å². The lowest BCUT2D eigenvalue weighted by Gasteiger charge is -2.26. The summed E-state index contributed by atoms with van der Waals surface area (Å²) < 4.78 is 0. The smallest absolute Gasteiger partial charge is 0.334 e. The van der Waals surface area contributed by atoms with Crippen LogP contribution in [-0.4, -0.2) is 33.9 Å². The van der Waals surface area contributed by atoms with Gasteiger partial charge in [0.25, 0.3) is 0 Å². The van der Waals surface area contributed by atoms with Gasteiger partial charge in [-0.3, -0.25) is 14.5 Å². The summed E-state index contributed by atoms with van der Waals surface area (Å²) in [6.45, 7) is 2.28. The molecule has 0 aliphatic carbocycles. The van der Waals surface area contributed by atoms with Gasteiger partial charge in [-0.05, 0) is 31.2 Å². The molecule has 96 valence electrons. The van der Waals surface area contributed by atoms with Crippen LogP contribution in [0, 0.1) is 0 Å². The molecule has 1 aromatic rings. The van der Waals surface area contributed by atoms with Crippen molar-refractivity contribution in [3.8, 4) is 5.75 Å². The number of hydrogen-bond acceptors (Lipinski definition) is 4. The molecule has 0 aliphatic rings. The van der Waals surface area contributed by atoms with Gasteiger partial charge in [0.05, 0.1) is 0 Å². The highest BCUT2D eigenvalue weighted by Gasteiger charge is 2.32. The van der Waals surface area contributed by atoms with Crippen LogP contribution in [0.2, 0.25) is 0 Å². The van der Waals surface area contributed by atoms with Crippen LogP contribution in [-0.2, 0) is 14.4 Å². The minimum absolute atomic E-state index is 0.0167. The van der Waals surface area contributed by atoms with Gasteiger partial charge in [-0.2, -0.15) is 0 Å². The van der Waals surface area contributed by atoms with E-state index in [0.717, 1.165) is 11.8 Å². The highest BCUT2D eigenvalue weighted by Crippen LogP contribution is 2.21. The first kappa shape index (κ1) is 13.7. The van der Waals surface area contributed by atoms with Crippen LogP contribution in [0.3, 0.4) is 0 Å². The van der Waals surface area contributed by atoms with E-state index in [1.807, 2.05) is 0 Å². The number of ketones is 1. The monoisotopic (exact) mass is 251 g/mol. The van der Waals surface area contributed by atoms with Crippen LogP contribution in [0.25, 0.3) is 0 Å². The van der Waals surface area contributed by atoms with Crippen molar-refractivity contribution in [2.75, 3.05) is 4.90 Å². The van der Waals surface area contributed by atoms with Crippen molar-refractivity contribution >= 4 is 23.3 Å². The van der Waals surface area contributed by atoms with Crippen LogP contribution in [0.1, 0.15) is 13.8 Å². The lowest BCUT2D eigenvalue weighted by Crippen LogP contribution is -2.48. The summed E-state index contributed by atoms with van der Waals surface area (Å²) in [5.41, 5.74) is 0.239. The molecule has 2 N–H and O–H groups in total. The maximum atomic E-state index is 11.5. The maximum absolute atomic E-state index is 11.5. The third-order valence-electron chi connectivity index (χ3n) is 2.34. The third-order valence-corrected chi connectivity index (χ3v) is 2.34. The van der Waals surface area contributed by atoms with Crippen LogP contribution in [0.4, 0.5) is 5.69 Å². The van der Waals surface area contributed by atoms with E-state index in [4.69, 9.17) is 10.2 Å². The topological polar surface area (TPSA) is 94.9 Å². The molecule has 0 aliphatic heterocycles. The molecule has 0 saturated heterocycles. The van der Waals surface area contributed by atoms with Gasteiger partial charge in [-0.25, -0.2) is 4.79 Å². The average molecular weight is 251 g/mol. The Hall–Kier alpha value is -2.37. The minimum atomic E-state index is -1.56. The molecule has 18 heavy (non-hydrogen) atoms. The van der Waals surface area contributed by atoms with Crippen molar-refractivity contribution < 1.29 is 24.6 Å². The van der Waals surface area contributed by atoms with Gasteiger partial charge in [0.1, 0.15) is 5.75 Å². The van der Waals surface area contributed by atoms with E-state index in [1.165, 1.54) is 31.2 Å². The van der Waals surface area contributed by atoms with E-state index in [0.29, 0.717) is 0 Å². The predicted octanol–water partition coefficient (Wildman–Crippen LogP) is 0.787. The molecule has 1 aromatic carbocycles. The zero-order valence-electron chi connectivity index (χ0n) is 9.95. The fourth-order valence-corrected chi connectivity index (χ4v) is 1.59. The van der Waals surface area contributed by atoms with Gasteiger partial charge in [0.15, 0.2) is 11.8 Å². The number of rotatable bonds is 4. The third kappa shape index (κ3) is 2.85. The minimum Gasteiger partial charge on any atom is -0.508 e. The number of carboxylic acid groups (broad SMARTS) is 1. The van der Waals surface area contributed by atoms with Gasteiger partial charge < -0.3 is 10.2 Å². The Kier molecular flexibility index (Phi) is 4.04. The number of benzene rings is 1. The van der Waals surface area contributed by atoms with Crippen molar-refractivity contribution in [2.24, 2.45) is 0 Å². The molecule has 0 spiro atoms. The molecular weight excluding hydrogens is 238 g/mol. The summed E-state index contributed by atoms with van der Waals surface area (Å²) in [6.07, 6.45) is 0. The number of carbonyl (C=O) groups is 3. The summed E-state index contributed by atoms with van der Waals surface area (Å²) in [6, 6.07) is 3.80. The number of aliphatic carboxylic acids is 1. The molecule has 0 radical (unpaired) electrons. The molecule has 1 rings (SSSR count). The number of hydrogen-bond donors (Lipinski definition) is 2. The molecule has 6 heteroatoms. The van der Waals surface area contributed by atoms with Crippen molar-refractivity contribution in [1.82, 2.24) is 0 Å². The Morgan fingerprint density at radius 2 is 1.61 bits per heavy atom. The average Bonchev–Trinajstić information content (AvgIpc) is 2.25. The van der Waals surface area contributed by atoms with Crippen LogP contribution >= 0.6 is 0 Å². The number of phenols is 1. The number of amides is 1. The highest BCUT2D eigenvalue weighted by molar-refractivity contribution is 6.11. The predicted molar refractivity (Wildman–Crippen MR) is 63.4 cm³/mol. The zero-order valence-corrected chi connectivity index (χ0v) is 9.95. The highest BCUT2D eigenvalue weighted by atomic mass is 16.4. The molecule has 6 nitrogen and oxygen atoms in total. The van der Waals surface area contributed by atoms with E-state index in [-0.39, 0.29) is 11.4 Å².